The first-order valence-electron chi connectivity index (χ1n) is 7.63. The molecule has 24 heavy (non-hydrogen) atoms. The number of fused-ring (bicyclic) bond motifs is 1. The first-order valence-corrected chi connectivity index (χ1v) is 7.63. The van der Waals surface area contributed by atoms with E-state index in [0.717, 1.165) is 16.8 Å². The third-order valence-corrected chi connectivity index (χ3v) is 3.33. The smallest absolute Gasteiger partial charge is 0.263 e. The Morgan fingerprint density at radius 2 is 1.83 bits per heavy atom. The van der Waals surface area contributed by atoms with E-state index in [4.69, 9.17) is 9.47 Å². The molecule has 7 nitrogen and oxygen atoms in total. The van der Waals surface area contributed by atoms with Crippen molar-refractivity contribution in [2.45, 2.75) is 13.8 Å². The molecule has 3 aromatic rings. The van der Waals surface area contributed by atoms with Gasteiger partial charge in [-0.2, -0.15) is 5.10 Å². The fourth-order valence-electron chi connectivity index (χ4n) is 2.21. The van der Waals surface area contributed by atoms with Gasteiger partial charge in [0.05, 0.1) is 12.0 Å². The number of hydrogen-bond donors (Lipinski definition) is 2. The van der Waals surface area contributed by atoms with Gasteiger partial charge >= 0.3 is 0 Å². The quantitative estimate of drug-likeness (QED) is 0.727. The minimum atomic E-state index is -0.294. The molecule has 0 bridgehead atoms. The van der Waals surface area contributed by atoms with Gasteiger partial charge in [0.1, 0.15) is 11.5 Å². The number of carbonyl (C=O) groups excluding carboxylic acids is 1. The molecule has 0 aliphatic carbocycles. The minimum absolute atomic E-state index is 0.109. The van der Waals surface area contributed by atoms with Gasteiger partial charge in [0, 0.05) is 5.69 Å². The maximum absolute atomic E-state index is 12.0. The van der Waals surface area contributed by atoms with E-state index in [1.807, 2.05) is 26.0 Å². The number of amides is 1. The Bertz CT molecular complexity index is 843. The van der Waals surface area contributed by atoms with Crippen LogP contribution in [0.2, 0.25) is 0 Å². The molecule has 0 aliphatic rings. The summed E-state index contributed by atoms with van der Waals surface area (Å²) in [5, 5.41) is 10.3. The lowest BCUT2D eigenvalue weighted by Crippen LogP contribution is -2.20. The number of aryl methyl sites for hydroxylation is 1. The van der Waals surface area contributed by atoms with Gasteiger partial charge in [0.25, 0.3) is 5.91 Å². The highest BCUT2D eigenvalue weighted by Crippen LogP contribution is 2.19. The molecule has 3 rings (SSSR count). The number of ether oxygens (including phenoxy) is 2. The van der Waals surface area contributed by atoms with Crippen molar-refractivity contribution in [3.8, 4) is 11.5 Å². The lowest BCUT2D eigenvalue weighted by Gasteiger charge is -2.07. The van der Waals surface area contributed by atoms with Crippen LogP contribution in [0.5, 0.6) is 11.5 Å². The highest BCUT2D eigenvalue weighted by Gasteiger charge is 2.11. The highest BCUT2D eigenvalue weighted by atomic mass is 16.5. The molecule has 2 N–H and O–H groups in total. The van der Waals surface area contributed by atoms with Crippen LogP contribution < -0.4 is 14.8 Å². The Labute approximate surface area is 139 Å². The number of H-pyrrole nitrogens is 1. The number of hydrogen-bond acceptors (Lipinski definition) is 5. The number of benzene rings is 1. The molecule has 0 spiro atoms. The molecule has 0 atom stereocenters. The molecule has 0 aliphatic heterocycles. The van der Waals surface area contributed by atoms with Crippen LogP contribution in [0.4, 0.5) is 5.82 Å². The van der Waals surface area contributed by atoms with Crippen LogP contribution in [-0.4, -0.2) is 34.3 Å². The van der Waals surface area contributed by atoms with Crippen molar-refractivity contribution >= 4 is 22.8 Å². The molecular formula is C17H18N4O3. The van der Waals surface area contributed by atoms with Gasteiger partial charge in [-0.1, -0.05) is 0 Å². The number of nitrogens with zero attached hydrogens (tertiary/aromatic N) is 2. The number of rotatable bonds is 6. The van der Waals surface area contributed by atoms with Crippen LogP contribution in [-0.2, 0) is 4.79 Å². The molecule has 1 amide bonds. The number of aromatic nitrogens is 3. The molecule has 2 heterocycles. The van der Waals surface area contributed by atoms with E-state index in [1.54, 1.807) is 24.3 Å². The molecule has 0 saturated carbocycles. The van der Waals surface area contributed by atoms with E-state index in [9.17, 15) is 4.79 Å². The summed E-state index contributed by atoms with van der Waals surface area (Å²) in [7, 11) is 0. The number of pyridine rings is 1. The standard InChI is InChI=1S/C17H18N4O3/c1-3-23-12-5-7-13(8-6-12)24-10-15(22)19-17-14-9-4-11(2)18-16(14)20-21-17/h4-9H,3,10H2,1-2H3,(H2,18,19,20,21,22). The summed E-state index contributed by atoms with van der Waals surface area (Å²) in [4.78, 5) is 16.3. The monoisotopic (exact) mass is 326 g/mol. The Hall–Kier alpha value is -3.09. The summed E-state index contributed by atoms with van der Waals surface area (Å²) in [6.07, 6.45) is 0. The Balaban J connectivity index is 1.58. The lowest BCUT2D eigenvalue weighted by molar-refractivity contribution is -0.118. The Kier molecular flexibility index (Phi) is 4.60. The fourth-order valence-corrected chi connectivity index (χ4v) is 2.21. The zero-order chi connectivity index (χ0) is 16.9. The molecule has 0 radical (unpaired) electrons. The molecular weight excluding hydrogens is 308 g/mol. The molecule has 124 valence electrons. The second kappa shape index (κ2) is 6.99. The SMILES string of the molecule is CCOc1ccc(OCC(=O)Nc2n[nH]c3nc(C)ccc23)cc1. The van der Waals surface area contributed by atoms with E-state index in [0.29, 0.717) is 23.8 Å². The van der Waals surface area contributed by atoms with Crippen molar-refractivity contribution in [1.82, 2.24) is 15.2 Å². The predicted molar refractivity (Wildman–Crippen MR) is 90.4 cm³/mol. The van der Waals surface area contributed by atoms with E-state index in [1.165, 1.54) is 0 Å². The van der Waals surface area contributed by atoms with Crippen LogP contribution >= 0.6 is 0 Å². The van der Waals surface area contributed by atoms with Gasteiger partial charge in [0.15, 0.2) is 18.1 Å². The normalized spacial score (nSPS) is 10.6. The Morgan fingerprint density at radius 3 is 2.54 bits per heavy atom. The van der Waals surface area contributed by atoms with Crippen LogP contribution in [0.1, 0.15) is 12.6 Å². The van der Waals surface area contributed by atoms with Gasteiger partial charge in [-0.15, -0.1) is 0 Å². The molecule has 0 unspecified atom stereocenters. The molecule has 2 aromatic heterocycles. The minimum Gasteiger partial charge on any atom is -0.494 e. The number of nitrogens with one attached hydrogen (secondary N) is 2. The van der Waals surface area contributed by atoms with Crippen LogP contribution in [0.25, 0.3) is 11.0 Å². The largest absolute Gasteiger partial charge is 0.494 e. The summed E-state index contributed by atoms with van der Waals surface area (Å²) in [6, 6.07) is 10.8. The maximum atomic E-state index is 12.0. The summed E-state index contributed by atoms with van der Waals surface area (Å²) < 4.78 is 10.8. The second-order valence-corrected chi connectivity index (χ2v) is 5.16. The van der Waals surface area contributed by atoms with Crippen LogP contribution in [0.15, 0.2) is 36.4 Å². The first-order chi connectivity index (χ1) is 11.7. The molecule has 7 heteroatoms. The van der Waals surface area contributed by atoms with Crippen molar-refractivity contribution in [2.75, 3.05) is 18.5 Å². The zero-order valence-corrected chi connectivity index (χ0v) is 13.5. The fraction of sp³-hybridized carbons (Fsp3) is 0.235. The summed E-state index contributed by atoms with van der Waals surface area (Å²) in [5.74, 6) is 1.51. The zero-order valence-electron chi connectivity index (χ0n) is 13.5. The lowest BCUT2D eigenvalue weighted by atomic mass is 10.3. The topological polar surface area (TPSA) is 89.1 Å². The number of carbonyl (C=O) groups is 1. The molecule has 0 saturated heterocycles. The van der Waals surface area contributed by atoms with E-state index in [-0.39, 0.29) is 12.5 Å². The summed E-state index contributed by atoms with van der Waals surface area (Å²) in [5.41, 5.74) is 1.51. The van der Waals surface area contributed by atoms with Crippen molar-refractivity contribution in [3.63, 3.8) is 0 Å². The van der Waals surface area contributed by atoms with Gasteiger partial charge in [-0.3, -0.25) is 9.89 Å². The third-order valence-electron chi connectivity index (χ3n) is 3.33. The summed E-state index contributed by atoms with van der Waals surface area (Å²) in [6.45, 7) is 4.31. The van der Waals surface area contributed by atoms with Gasteiger partial charge in [-0.25, -0.2) is 4.98 Å². The number of aromatic amines is 1. The third kappa shape index (κ3) is 3.62. The Morgan fingerprint density at radius 1 is 1.12 bits per heavy atom. The van der Waals surface area contributed by atoms with E-state index < -0.39 is 0 Å². The maximum Gasteiger partial charge on any atom is 0.263 e. The summed E-state index contributed by atoms with van der Waals surface area (Å²) >= 11 is 0. The van der Waals surface area contributed by atoms with Crippen molar-refractivity contribution in [3.05, 3.63) is 42.1 Å². The highest BCUT2D eigenvalue weighted by molar-refractivity contribution is 5.99. The van der Waals surface area contributed by atoms with Crippen molar-refractivity contribution in [1.29, 1.82) is 0 Å². The van der Waals surface area contributed by atoms with Crippen LogP contribution in [0.3, 0.4) is 0 Å². The number of anilines is 1. The average Bonchev–Trinajstić information content (AvgIpc) is 2.96. The van der Waals surface area contributed by atoms with Crippen molar-refractivity contribution < 1.29 is 14.3 Å². The van der Waals surface area contributed by atoms with Crippen LogP contribution in [0, 0.1) is 6.92 Å². The van der Waals surface area contributed by atoms with E-state index in [2.05, 4.69) is 20.5 Å². The molecule has 0 fully saturated rings. The first kappa shape index (κ1) is 15.8. The average molecular weight is 326 g/mol. The van der Waals surface area contributed by atoms with Gasteiger partial charge < -0.3 is 14.8 Å². The second-order valence-electron chi connectivity index (χ2n) is 5.16. The van der Waals surface area contributed by atoms with Gasteiger partial charge in [-0.05, 0) is 50.2 Å². The van der Waals surface area contributed by atoms with Gasteiger partial charge in [0.2, 0.25) is 0 Å². The van der Waals surface area contributed by atoms with Crippen molar-refractivity contribution in [2.24, 2.45) is 0 Å². The van der Waals surface area contributed by atoms with E-state index >= 15 is 0 Å². The molecule has 1 aromatic carbocycles. The predicted octanol–water partition coefficient (Wildman–Crippen LogP) is 2.68.